The third-order valence-electron chi connectivity index (χ3n) is 4.75. The van der Waals surface area contributed by atoms with Crippen LogP contribution in [0.4, 0.5) is 11.6 Å². The lowest BCUT2D eigenvalue weighted by Crippen LogP contribution is -2.21. The molecule has 1 aliphatic rings. The van der Waals surface area contributed by atoms with Crippen molar-refractivity contribution < 1.29 is 14.6 Å². The highest BCUT2D eigenvalue weighted by atomic mass is 16.5. The number of carbonyl (C=O) groups is 1. The minimum Gasteiger partial charge on any atom is -0.478 e. The maximum absolute atomic E-state index is 11.0. The molecule has 4 rings (SSSR count). The van der Waals surface area contributed by atoms with Crippen LogP contribution in [0.25, 0.3) is 11.3 Å². The van der Waals surface area contributed by atoms with Crippen LogP contribution in [0.2, 0.25) is 0 Å². The van der Waals surface area contributed by atoms with E-state index in [1.165, 1.54) is 0 Å². The Bertz CT molecular complexity index is 978. The van der Waals surface area contributed by atoms with Gasteiger partial charge in [-0.2, -0.15) is 5.10 Å². The van der Waals surface area contributed by atoms with Crippen LogP contribution < -0.4 is 5.32 Å². The van der Waals surface area contributed by atoms with Crippen LogP contribution in [0.1, 0.15) is 34.8 Å². The first-order valence-electron chi connectivity index (χ1n) is 9.16. The fourth-order valence-corrected chi connectivity index (χ4v) is 3.23. The number of benzene rings is 1. The van der Waals surface area contributed by atoms with Crippen LogP contribution in [0.3, 0.4) is 0 Å². The molecule has 0 spiro atoms. The first-order chi connectivity index (χ1) is 13.6. The molecule has 3 heterocycles. The number of ether oxygens (including phenoxy) is 1. The van der Waals surface area contributed by atoms with Gasteiger partial charge >= 0.3 is 5.97 Å². The van der Waals surface area contributed by atoms with E-state index in [1.807, 2.05) is 17.8 Å². The molecule has 0 saturated carbocycles. The molecule has 8 heteroatoms. The summed E-state index contributed by atoms with van der Waals surface area (Å²) in [5.41, 5.74) is 3.55. The average molecular weight is 379 g/mol. The van der Waals surface area contributed by atoms with Gasteiger partial charge < -0.3 is 15.2 Å². The lowest BCUT2D eigenvalue weighted by atomic mass is 10.1. The van der Waals surface area contributed by atoms with Crippen molar-refractivity contribution in [2.24, 2.45) is 0 Å². The molecule has 144 valence electrons. The summed E-state index contributed by atoms with van der Waals surface area (Å²) in [6.45, 7) is 3.42. The largest absolute Gasteiger partial charge is 0.478 e. The number of hydrogen-bond acceptors (Lipinski definition) is 6. The van der Waals surface area contributed by atoms with Gasteiger partial charge in [-0.15, -0.1) is 0 Å². The van der Waals surface area contributed by atoms with Gasteiger partial charge in [-0.1, -0.05) is 12.1 Å². The number of nitrogens with one attached hydrogen (secondary N) is 1. The van der Waals surface area contributed by atoms with Crippen molar-refractivity contribution in [1.82, 2.24) is 19.7 Å². The number of aromatic carboxylic acids is 1. The highest BCUT2D eigenvalue weighted by Crippen LogP contribution is 2.25. The molecule has 0 amide bonds. The molecule has 1 saturated heterocycles. The van der Waals surface area contributed by atoms with E-state index in [-0.39, 0.29) is 11.6 Å². The zero-order valence-electron chi connectivity index (χ0n) is 15.5. The van der Waals surface area contributed by atoms with Gasteiger partial charge in [0.05, 0.1) is 35.8 Å². The monoisotopic (exact) mass is 379 g/mol. The Labute approximate surface area is 162 Å². The predicted octanol–water partition coefficient (Wildman–Crippen LogP) is 3.44. The van der Waals surface area contributed by atoms with Crippen LogP contribution in [0.5, 0.6) is 0 Å². The number of anilines is 2. The summed E-state index contributed by atoms with van der Waals surface area (Å²) < 4.78 is 7.44. The number of hydrogen-bond donors (Lipinski definition) is 2. The molecule has 0 bridgehead atoms. The second-order valence-corrected chi connectivity index (χ2v) is 6.81. The number of carboxylic acids is 1. The molecule has 8 nitrogen and oxygen atoms in total. The zero-order valence-corrected chi connectivity index (χ0v) is 15.5. The van der Waals surface area contributed by atoms with E-state index in [0.29, 0.717) is 12.6 Å². The van der Waals surface area contributed by atoms with Crippen molar-refractivity contribution in [2.45, 2.75) is 25.8 Å². The van der Waals surface area contributed by atoms with E-state index >= 15 is 0 Å². The summed E-state index contributed by atoms with van der Waals surface area (Å²) in [4.78, 5) is 20.0. The number of carboxylic acid groups (broad SMARTS) is 1. The Morgan fingerprint density at radius 3 is 2.82 bits per heavy atom. The molecular weight excluding hydrogens is 358 g/mol. The molecular formula is C20H21N5O3. The summed E-state index contributed by atoms with van der Waals surface area (Å²) in [5, 5.41) is 16.7. The second-order valence-electron chi connectivity index (χ2n) is 6.81. The van der Waals surface area contributed by atoms with Crippen molar-refractivity contribution in [3.05, 3.63) is 54.0 Å². The number of nitrogens with zero attached hydrogens (tertiary/aromatic N) is 4. The Morgan fingerprint density at radius 2 is 2.11 bits per heavy atom. The van der Waals surface area contributed by atoms with E-state index in [2.05, 4.69) is 20.4 Å². The predicted molar refractivity (Wildman–Crippen MR) is 104 cm³/mol. The maximum atomic E-state index is 11.0. The summed E-state index contributed by atoms with van der Waals surface area (Å²) in [6.07, 6.45) is 7.52. The maximum Gasteiger partial charge on any atom is 0.335 e. The van der Waals surface area contributed by atoms with Crippen LogP contribution in [0, 0.1) is 6.92 Å². The molecule has 2 aromatic heterocycles. The molecule has 0 radical (unpaired) electrons. The lowest BCUT2D eigenvalue weighted by Gasteiger charge is -2.22. The topological polar surface area (TPSA) is 102 Å². The van der Waals surface area contributed by atoms with E-state index in [1.54, 1.807) is 36.7 Å². The quantitative estimate of drug-likeness (QED) is 0.700. The molecule has 28 heavy (non-hydrogen) atoms. The first-order valence-corrected chi connectivity index (χ1v) is 9.16. The van der Waals surface area contributed by atoms with Gasteiger partial charge in [-0.05, 0) is 37.5 Å². The van der Waals surface area contributed by atoms with Crippen LogP contribution in [-0.4, -0.2) is 44.0 Å². The van der Waals surface area contributed by atoms with Gasteiger partial charge in [0.1, 0.15) is 0 Å². The van der Waals surface area contributed by atoms with Crippen LogP contribution in [-0.2, 0) is 4.74 Å². The first kappa shape index (κ1) is 18.1. The highest BCUT2D eigenvalue weighted by Gasteiger charge is 2.17. The van der Waals surface area contributed by atoms with Crippen molar-refractivity contribution in [3.8, 4) is 11.3 Å². The van der Waals surface area contributed by atoms with Gasteiger partial charge in [0, 0.05) is 24.6 Å². The van der Waals surface area contributed by atoms with E-state index in [9.17, 15) is 4.79 Å². The van der Waals surface area contributed by atoms with E-state index < -0.39 is 5.97 Å². The minimum atomic E-state index is -0.950. The normalized spacial score (nSPS) is 16.7. The third-order valence-corrected chi connectivity index (χ3v) is 4.75. The lowest BCUT2D eigenvalue weighted by molar-refractivity contribution is 0.0549. The Hall–Kier alpha value is -3.26. The van der Waals surface area contributed by atoms with Gasteiger partial charge in [0.2, 0.25) is 5.95 Å². The van der Waals surface area contributed by atoms with Crippen molar-refractivity contribution in [2.75, 3.05) is 18.5 Å². The smallest absolute Gasteiger partial charge is 0.335 e. The number of aryl methyl sites for hydroxylation is 1. The fourth-order valence-electron chi connectivity index (χ4n) is 3.23. The fraction of sp³-hybridized carbons (Fsp3) is 0.300. The Kier molecular flexibility index (Phi) is 5.03. The number of aromatic nitrogens is 4. The Balaban J connectivity index is 1.54. The van der Waals surface area contributed by atoms with Crippen molar-refractivity contribution in [3.63, 3.8) is 0 Å². The molecule has 2 N–H and O–H groups in total. The third kappa shape index (κ3) is 3.86. The summed E-state index contributed by atoms with van der Waals surface area (Å²) >= 11 is 0. The molecule has 1 atom stereocenters. The van der Waals surface area contributed by atoms with Crippen molar-refractivity contribution >= 4 is 17.6 Å². The van der Waals surface area contributed by atoms with Gasteiger partial charge in [-0.3, -0.25) is 4.68 Å². The molecule has 1 fully saturated rings. The van der Waals surface area contributed by atoms with Crippen LogP contribution >= 0.6 is 0 Å². The van der Waals surface area contributed by atoms with Crippen molar-refractivity contribution in [1.29, 1.82) is 0 Å². The molecule has 1 aliphatic heterocycles. The summed E-state index contributed by atoms with van der Waals surface area (Å²) in [5.74, 6) is -0.490. The van der Waals surface area contributed by atoms with Gasteiger partial charge in [-0.25, -0.2) is 14.8 Å². The zero-order chi connectivity index (χ0) is 19.5. The Morgan fingerprint density at radius 1 is 1.29 bits per heavy atom. The molecule has 3 aromatic rings. The van der Waals surface area contributed by atoms with Crippen LogP contribution in [0.15, 0.2) is 42.9 Å². The SMILES string of the molecule is Cc1cnc(Nc2cnn(C3CCCOC3)c2)nc1-c1ccc(C(=O)O)cc1. The van der Waals surface area contributed by atoms with Gasteiger partial charge in [0.15, 0.2) is 0 Å². The molecule has 0 aliphatic carbocycles. The highest BCUT2D eigenvalue weighted by molar-refractivity contribution is 5.88. The van der Waals surface area contributed by atoms with Gasteiger partial charge in [0.25, 0.3) is 0 Å². The minimum absolute atomic E-state index is 0.243. The second kappa shape index (κ2) is 7.77. The summed E-state index contributed by atoms with van der Waals surface area (Å²) in [7, 11) is 0. The average Bonchev–Trinajstić information content (AvgIpc) is 3.19. The van der Waals surface area contributed by atoms with E-state index in [4.69, 9.17) is 9.84 Å². The molecule has 1 aromatic carbocycles. The number of rotatable bonds is 5. The van der Waals surface area contributed by atoms with E-state index in [0.717, 1.165) is 42.0 Å². The molecule has 1 unspecified atom stereocenters. The summed E-state index contributed by atoms with van der Waals surface area (Å²) in [6, 6.07) is 6.91. The standard InChI is InChI=1S/C20H21N5O3/c1-13-9-21-20(24-18(13)14-4-6-15(7-5-14)19(26)27)23-16-10-22-25(11-16)17-3-2-8-28-12-17/h4-7,9-11,17H,2-3,8,12H2,1H3,(H,26,27)(H,21,23,24).